The third-order valence-corrected chi connectivity index (χ3v) is 4.57. The van der Waals surface area contributed by atoms with Crippen LogP contribution in [0.15, 0.2) is 59.6 Å². The van der Waals surface area contributed by atoms with Crippen LogP contribution in [0, 0.1) is 5.92 Å². The van der Waals surface area contributed by atoms with Crippen molar-refractivity contribution in [1.82, 2.24) is 4.90 Å². The molecular weight excluding hydrogens is 318 g/mol. The first-order valence-corrected chi connectivity index (χ1v) is 8.38. The van der Waals surface area contributed by atoms with Gasteiger partial charge in [0.25, 0.3) is 5.91 Å². The van der Waals surface area contributed by atoms with Crippen molar-refractivity contribution in [2.45, 2.75) is 19.6 Å². The van der Waals surface area contributed by atoms with E-state index >= 15 is 0 Å². The molecule has 0 fully saturated rings. The molecule has 0 spiro atoms. The Hall–Kier alpha value is -2.73. The van der Waals surface area contributed by atoms with Gasteiger partial charge in [-0.15, -0.1) is 0 Å². The van der Waals surface area contributed by atoms with E-state index in [1.165, 1.54) is 4.90 Å². The zero-order valence-electron chi connectivity index (χ0n) is 14.3. The second-order valence-electron chi connectivity index (χ2n) is 5.92. The Labute approximate surface area is 146 Å². The van der Waals surface area contributed by atoms with Gasteiger partial charge in [-0.25, -0.2) is 4.79 Å². The van der Waals surface area contributed by atoms with E-state index in [9.17, 15) is 14.7 Å². The maximum atomic E-state index is 13.2. The van der Waals surface area contributed by atoms with Gasteiger partial charge < -0.3 is 10.0 Å². The summed E-state index contributed by atoms with van der Waals surface area (Å²) in [5.74, 6) is -1.23. The average molecular weight is 339 g/mol. The third kappa shape index (κ3) is 2.68. The predicted octanol–water partition coefficient (Wildman–Crippen LogP) is 2.37. The molecule has 1 N–H and O–H groups in total. The van der Waals surface area contributed by atoms with Crippen molar-refractivity contribution in [3.8, 4) is 0 Å². The largest absolute Gasteiger partial charge is 0.362 e. The molecular formula is C19H21N3O3. The smallest absolute Gasteiger partial charge is 0.351 e. The van der Waals surface area contributed by atoms with Gasteiger partial charge in [0, 0.05) is 18.8 Å². The van der Waals surface area contributed by atoms with Crippen molar-refractivity contribution in [2.75, 3.05) is 18.0 Å². The zero-order valence-corrected chi connectivity index (χ0v) is 14.3. The number of aliphatic imine (C=N–C) groups is 1. The number of carbonyl (C=O) groups excluding carboxylic acids is 2. The molecule has 6 heteroatoms. The molecule has 0 saturated carbocycles. The summed E-state index contributed by atoms with van der Waals surface area (Å²) in [7, 11) is 0. The lowest BCUT2D eigenvalue weighted by Gasteiger charge is -2.46. The number of fused-ring (bicyclic) bond motifs is 1. The summed E-state index contributed by atoms with van der Waals surface area (Å²) < 4.78 is 0. The standard InChI is InChI=1S/C19H21N3O3/c1-3-21(4-2)17(23)19(25)15-12-8-9-13-16(15)20-18(24)22(19)14-10-6-5-7-11-14/h5-13,15,25H,3-4H2,1-2H3/t15-,19-/m0/s1. The van der Waals surface area contributed by atoms with Crippen molar-refractivity contribution in [3.63, 3.8) is 0 Å². The number of benzene rings is 1. The number of hydrogen-bond donors (Lipinski definition) is 1. The maximum Gasteiger partial charge on any atom is 0.351 e. The number of rotatable bonds is 4. The van der Waals surface area contributed by atoms with Crippen molar-refractivity contribution in [1.29, 1.82) is 0 Å². The summed E-state index contributed by atoms with van der Waals surface area (Å²) in [6.45, 7) is 4.56. The minimum Gasteiger partial charge on any atom is -0.362 e. The number of allylic oxidation sites excluding steroid dienone is 3. The Morgan fingerprint density at radius 3 is 2.56 bits per heavy atom. The van der Waals surface area contributed by atoms with Crippen LogP contribution in [0.4, 0.5) is 10.5 Å². The first-order chi connectivity index (χ1) is 12.0. The molecule has 2 aliphatic rings. The molecule has 1 aromatic carbocycles. The molecule has 1 aliphatic heterocycles. The van der Waals surface area contributed by atoms with E-state index in [0.29, 0.717) is 24.5 Å². The van der Waals surface area contributed by atoms with E-state index in [1.807, 2.05) is 13.8 Å². The van der Waals surface area contributed by atoms with E-state index in [0.717, 1.165) is 4.90 Å². The van der Waals surface area contributed by atoms with Crippen LogP contribution in [-0.4, -0.2) is 46.5 Å². The van der Waals surface area contributed by atoms with Gasteiger partial charge >= 0.3 is 6.03 Å². The van der Waals surface area contributed by atoms with E-state index in [2.05, 4.69) is 4.99 Å². The summed E-state index contributed by atoms with van der Waals surface area (Å²) in [6, 6.07) is 8.02. The Kier molecular flexibility index (Phi) is 4.55. The lowest BCUT2D eigenvalue weighted by atomic mass is 9.83. The van der Waals surface area contributed by atoms with Crippen molar-refractivity contribution < 1.29 is 14.7 Å². The summed E-state index contributed by atoms with van der Waals surface area (Å²) in [6.07, 6.45) is 6.86. The van der Waals surface area contributed by atoms with Crippen LogP contribution in [0.2, 0.25) is 0 Å². The van der Waals surface area contributed by atoms with Crippen LogP contribution in [0.1, 0.15) is 13.8 Å². The summed E-state index contributed by atoms with van der Waals surface area (Å²) in [4.78, 5) is 32.7. The summed E-state index contributed by atoms with van der Waals surface area (Å²) in [5, 5.41) is 11.6. The monoisotopic (exact) mass is 339 g/mol. The second-order valence-corrected chi connectivity index (χ2v) is 5.92. The molecule has 0 bridgehead atoms. The molecule has 3 rings (SSSR count). The molecule has 25 heavy (non-hydrogen) atoms. The van der Waals surface area contributed by atoms with Crippen LogP contribution in [-0.2, 0) is 4.79 Å². The number of carbonyl (C=O) groups is 2. The number of anilines is 1. The van der Waals surface area contributed by atoms with Crippen molar-refractivity contribution in [3.05, 3.63) is 54.6 Å². The van der Waals surface area contributed by atoms with Gasteiger partial charge in [0.2, 0.25) is 5.72 Å². The van der Waals surface area contributed by atoms with Gasteiger partial charge in [0.1, 0.15) is 0 Å². The van der Waals surface area contributed by atoms with Gasteiger partial charge in [-0.3, -0.25) is 9.69 Å². The Bertz CT molecular complexity index is 765. The molecule has 0 saturated heterocycles. The quantitative estimate of drug-likeness (QED) is 0.915. The average Bonchev–Trinajstić information content (AvgIpc) is 2.63. The SMILES string of the molecule is CCN(CC)C(=O)[C@@]1(O)[C@H]2C=CC=CC2=NC(=O)N1c1ccccc1. The molecule has 0 unspecified atom stereocenters. The van der Waals surface area contributed by atoms with Gasteiger partial charge in [-0.1, -0.05) is 36.4 Å². The highest BCUT2D eigenvalue weighted by Gasteiger charge is 2.56. The first-order valence-electron chi connectivity index (χ1n) is 8.38. The van der Waals surface area contributed by atoms with E-state index in [1.54, 1.807) is 54.6 Å². The minimum absolute atomic E-state index is 0.391. The number of hydrogen-bond acceptors (Lipinski definition) is 3. The predicted molar refractivity (Wildman–Crippen MR) is 96.4 cm³/mol. The lowest BCUT2D eigenvalue weighted by molar-refractivity contribution is -0.152. The third-order valence-electron chi connectivity index (χ3n) is 4.57. The maximum absolute atomic E-state index is 13.2. The van der Waals surface area contributed by atoms with Crippen LogP contribution >= 0.6 is 0 Å². The van der Waals surface area contributed by atoms with Crippen molar-refractivity contribution in [2.24, 2.45) is 10.9 Å². The molecule has 1 aromatic rings. The fraction of sp³-hybridized carbons (Fsp3) is 0.316. The molecule has 0 aromatic heterocycles. The van der Waals surface area contributed by atoms with E-state index < -0.39 is 23.6 Å². The number of likely N-dealkylation sites (N-methyl/N-ethyl adjacent to an activating group) is 1. The van der Waals surface area contributed by atoms with Gasteiger partial charge in [0.05, 0.1) is 11.6 Å². The normalized spacial score (nSPS) is 24.8. The highest BCUT2D eigenvalue weighted by atomic mass is 16.3. The molecule has 1 aliphatic carbocycles. The lowest BCUT2D eigenvalue weighted by Crippen LogP contribution is -2.68. The molecule has 1 heterocycles. The molecule has 2 atom stereocenters. The number of para-hydroxylation sites is 1. The highest BCUT2D eigenvalue weighted by Crippen LogP contribution is 2.37. The first kappa shape index (κ1) is 17.1. The molecule has 0 radical (unpaired) electrons. The Morgan fingerprint density at radius 2 is 1.92 bits per heavy atom. The Balaban J connectivity index is 2.19. The zero-order chi connectivity index (χ0) is 18.0. The number of urea groups is 1. The summed E-state index contributed by atoms with van der Waals surface area (Å²) >= 11 is 0. The fourth-order valence-electron chi connectivity index (χ4n) is 3.28. The minimum atomic E-state index is -2.05. The molecule has 6 nitrogen and oxygen atoms in total. The molecule has 3 amide bonds. The van der Waals surface area contributed by atoms with Gasteiger partial charge in [-0.05, 0) is 32.1 Å². The van der Waals surface area contributed by atoms with Crippen LogP contribution in [0.5, 0.6) is 0 Å². The van der Waals surface area contributed by atoms with E-state index in [4.69, 9.17) is 0 Å². The second kappa shape index (κ2) is 6.64. The topological polar surface area (TPSA) is 73.2 Å². The number of nitrogens with zero attached hydrogens (tertiary/aromatic N) is 3. The highest BCUT2D eigenvalue weighted by molar-refractivity contribution is 6.17. The fourth-order valence-corrected chi connectivity index (χ4v) is 3.28. The van der Waals surface area contributed by atoms with Crippen LogP contribution in [0.3, 0.4) is 0 Å². The van der Waals surface area contributed by atoms with E-state index in [-0.39, 0.29) is 0 Å². The Morgan fingerprint density at radius 1 is 1.24 bits per heavy atom. The van der Waals surface area contributed by atoms with Crippen LogP contribution < -0.4 is 4.90 Å². The van der Waals surface area contributed by atoms with Crippen molar-refractivity contribution >= 4 is 23.3 Å². The molecule has 130 valence electrons. The van der Waals surface area contributed by atoms with Crippen LogP contribution in [0.25, 0.3) is 0 Å². The summed E-state index contributed by atoms with van der Waals surface area (Å²) in [5.41, 5.74) is -1.23. The number of aliphatic hydroxyl groups is 1. The van der Waals surface area contributed by atoms with Gasteiger partial charge in [0.15, 0.2) is 0 Å². The number of amides is 3. The van der Waals surface area contributed by atoms with Gasteiger partial charge in [-0.2, -0.15) is 4.99 Å².